The molecule has 2 heteroatoms. The van der Waals surface area contributed by atoms with Gasteiger partial charge in [-0.15, -0.1) is 0 Å². The van der Waals surface area contributed by atoms with Gasteiger partial charge in [-0.05, 0) is 37.1 Å². The first kappa shape index (κ1) is 13.6. The average Bonchev–Trinajstić information content (AvgIpc) is 2.34. The van der Waals surface area contributed by atoms with Gasteiger partial charge in [0.2, 0.25) is 0 Å². The Morgan fingerprint density at radius 1 is 1.29 bits per heavy atom. The van der Waals surface area contributed by atoms with E-state index in [4.69, 9.17) is 9.84 Å². The number of aliphatic hydroxyl groups excluding tert-OH is 1. The van der Waals surface area contributed by atoms with Gasteiger partial charge in [0.1, 0.15) is 12.4 Å². The fourth-order valence-corrected chi connectivity index (χ4v) is 1.56. The van der Waals surface area contributed by atoms with Crippen LogP contribution in [0, 0.1) is 18.8 Å². The SMILES string of the molecule is CCCCCOc1ccc(C#CCO)cc1C. The summed E-state index contributed by atoms with van der Waals surface area (Å²) in [5.41, 5.74) is 2.00. The predicted molar refractivity (Wildman–Crippen MR) is 70.2 cm³/mol. The van der Waals surface area contributed by atoms with E-state index in [1.807, 2.05) is 25.1 Å². The maximum atomic E-state index is 8.62. The smallest absolute Gasteiger partial charge is 0.122 e. The van der Waals surface area contributed by atoms with Crippen LogP contribution in [0.2, 0.25) is 0 Å². The molecule has 0 heterocycles. The number of unbranched alkanes of at least 4 members (excludes halogenated alkanes) is 2. The zero-order valence-corrected chi connectivity index (χ0v) is 10.6. The van der Waals surface area contributed by atoms with Gasteiger partial charge in [0, 0.05) is 5.56 Å². The average molecular weight is 232 g/mol. The third-order valence-electron chi connectivity index (χ3n) is 2.49. The molecule has 0 atom stereocenters. The number of aliphatic hydroxyl groups is 1. The van der Waals surface area contributed by atoms with Crippen molar-refractivity contribution in [2.45, 2.75) is 33.1 Å². The first-order valence-corrected chi connectivity index (χ1v) is 6.11. The van der Waals surface area contributed by atoms with Gasteiger partial charge < -0.3 is 9.84 Å². The van der Waals surface area contributed by atoms with Gasteiger partial charge in [0.25, 0.3) is 0 Å². The van der Waals surface area contributed by atoms with Crippen molar-refractivity contribution in [3.05, 3.63) is 29.3 Å². The molecule has 0 aliphatic carbocycles. The van der Waals surface area contributed by atoms with Gasteiger partial charge in [-0.1, -0.05) is 31.6 Å². The lowest BCUT2D eigenvalue weighted by Gasteiger charge is -2.08. The fraction of sp³-hybridized carbons (Fsp3) is 0.467. The van der Waals surface area contributed by atoms with Crippen molar-refractivity contribution in [1.82, 2.24) is 0 Å². The molecule has 92 valence electrons. The summed E-state index contributed by atoms with van der Waals surface area (Å²) in [7, 11) is 0. The molecule has 1 rings (SSSR count). The van der Waals surface area contributed by atoms with E-state index in [0.29, 0.717) is 0 Å². The van der Waals surface area contributed by atoms with Crippen molar-refractivity contribution in [2.24, 2.45) is 0 Å². The molecule has 1 aromatic carbocycles. The first-order chi connectivity index (χ1) is 8.27. The van der Waals surface area contributed by atoms with Crippen molar-refractivity contribution in [3.63, 3.8) is 0 Å². The van der Waals surface area contributed by atoms with Crippen LogP contribution in [0.3, 0.4) is 0 Å². The Morgan fingerprint density at radius 2 is 2.12 bits per heavy atom. The zero-order chi connectivity index (χ0) is 12.5. The third-order valence-corrected chi connectivity index (χ3v) is 2.49. The molecule has 17 heavy (non-hydrogen) atoms. The Balaban J connectivity index is 2.57. The number of aryl methyl sites for hydroxylation is 1. The number of benzene rings is 1. The Labute approximate surface area is 104 Å². The van der Waals surface area contributed by atoms with Crippen molar-refractivity contribution in [3.8, 4) is 17.6 Å². The molecule has 0 aliphatic rings. The van der Waals surface area contributed by atoms with E-state index in [1.165, 1.54) is 12.8 Å². The number of ether oxygens (including phenoxy) is 1. The molecule has 0 aliphatic heterocycles. The molecule has 0 bridgehead atoms. The quantitative estimate of drug-likeness (QED) is 0.625. The van der Waals surface area contributed by atoms with Crippen LogP contribution in [0.5, 0.6) is 5.75 Å². The van der Waals surface area contributed by atoms with Crippen LogP contribution < -0.4 is 4.74 Å². The van der Waals surface area contributed by atoms with E-state index in [1.54, 1.807) is 0 Å². The molecular formula is C15H20O2. The Kier molecular flexibility index (Phi) is 6.21. The molecule has 1 N–H and O–H groups in total. The summed E-state index contributed by atoms with van der Waals surface area (Å²) in [5, 5.41) is 8.62. The fourth-order valence-electron chi connectivity index (χ4n) is 1.56. The third kappa shape index (κ3) is 4.93. The molecule has 2 nitrogen and oxygen atoms in total. The van der Waals surface area contributed by atoms with Gasteiger partial charge in [-0.2, -0.15) is 0 Å². The van der Waals surface area contributed by atoms with E-state index in [2.05, 4.69) is 18.8 Å². The second-order valence-corrected chi connectivity index (χ2v) is 4.00. The first-order valence-electron chi connectivity index (χ1n) is 6.11. The van der Waals surface area contributed by atoms with Crippen molar-refractivity contribution in [2.75, 3.05) is 13.2 Å². The summed E-state index contributed by atoms with van der Waals surface area (Å²) < 4.78 is 5.70. The highest BCUT2D eigenvalue weighted by Crippen LogP contribution is 2.19. The van der Waals surface area contributed by atoms with Gasteiger partial charge >= 0.3 is 0 Å². The van der Waals surface area contributed by atoms with Gasteiger partial charge in [0.05, 0.1) is 6.61 Å². The zero-order valence-electron chi connectivity index (χ0n) is 10.6. The summed E-state index contributed by atoms with van der Waals surface area (Å²) in [6, 6.07) is 5.85. The van der Waals surface area contributed by atoms with Gasteiger partial charge in [0.15, 0.2) is 0 Å². The van der Waals surface area contributed by atoms with Crippen LogP contribution in [-0.4, -0.2) is 18.3 Å². The van der Waals surface area contributed by atoms with Crippen molar-refractivity contribution < 1.29 is 9.84 Å². The van der Waals surface area contributed by atoms with Crippen LogP contribution in [0.15, 0.2) is 18.2 Å². The summed E-state index contributed by atoms with van der Waals surface area (Å²) in [4.78, 5) is 0. The molecule has 0 unspecified atom stereocenters. The Hall–Kier alpha value is -1.46. The molecule has 0 amide bonds. The lowest BCUT2D eigenvalue weighted by atomic mass is 10.1. The molecule has 1 aromatic rings. The van der Waals surface area contributed by atoms with Crippen LogP contribution in [0.25, 0.3) is 0 Å². The van der Waals surface area contributed by atoms with Crippen molar-refractivity contribution in [1.29, 1.82) is 0 Å². The monoisotopic (exact) mass is 232 g/mol. The largest absolute Gasteiger partial charge is 0.493 e. The van der Waals surface area contributed by atoms with Gasteiger partial charge in [-0.25, -0.2) is 0 Å². The molecule has 0 saturated heterocycles. The van der Waals surface area contributed by atoms with E-state index in [9.17, 15) is 0 Å². The van der Waals surface area contributed by atoms with E-state index >= 15 is 0 Å². The summed E-state index contributed by atoms with van der Waals surface area (Å²) >= 11 is 0. The molecule has 0 spiro atoms. The molecule has 0 aromatic heterocycles. The number of hydrogen-bond acceptors (Lipinski definition) is 2. The Morgan fingerprint density at radius 3 is 2.76 bits per heavy atom. The van der Waals surface area contributed by atoms with Crippen LogP contribution in [-0.2, 0) is 0 Å². The molecule has 0 radical (unpaired) electrons. The van der Waals surface area contributed by atoms with E-state index in [0.717, 1.165) is 29.9 Å². The highest BCUT2D eigenvalue weighted by molar-refractivity contribution is 5.43. The molecule has 0 saturated carbocycles. The topological polar surface area (TPSA) is 29.5 Å². The number of hydrogen-bond donors (Lipinski definition) is 1. The van der Waals surface area contributed by atoms with E-state index in [-0.39, 0.29) is 6.61 Å². The summed E-state index contributed by atoms with van der Waals surface area (Å²) in [6.45, 7) is 4.86. The molecule has 0 fully saturated rings. The molecular weight excluding hydrogens is 212 g/mol. The van der Waals surface area contributed by atoms with Crippen LogP contribution in [0.4, 0.5) is 0 Å². The minimum Gasteiger partial charge on any atom is -0.493 e. The van der Waals surface area contributed by atoms with Crippen molar-refractivity contribution >= 4 is 0 Å². The second kappa shape index (κ2) is 7.76. The maximum Gasteiger partial charge on any atom is 0.122 e. The van der Waals surface area contributed by atoms with Gasteiger partial charge in [-0.3, -0.25) is 0 Å². The minimum atomic E-state index is -0.103. The van der Waals surface area contributed by atoms with E-state index < -0.39 is 0 Å². The number of rotatable bonds is 5. The lowest BCUT2D eigenvalue weighted by molar-refractivity contribution is 0.304. The lowest BCUT2D eigenvalue weighted by Crippen LogP contribution is -1.98. The Bertz CT molecular complexity index is 399. The van der Waals surface area contributed by atoms with Crippen LogP contribution >= 0.6 is 0 Å². The minimum absolute atomic E-state index is 0.103. The normalized spacial score (nSPS) is 9.59. The maximum absolute atomic E-state index is 8.62. The highest BCUT2D eigenvalue weighted by Gasteiger charge is 1.99. The summed E-state index contributed by atoms with van der Waals surface area (Å²) in [6.07, 6.45) is 3.51. The summed E-state index contributed by atoms with van der Waals surface area (Å²) in [5.74, 6) is 6.45. The second-order valence-electron chi connectivity index (χ2n) is 4.00. The predicted octanol–water partition coefficient (Wildman–Crippen LogP) is 2.91. The van der Waals surface area contributed by atoms with Crippen LogP contribution in [0.1, 0.15) is 37.3 Å². The standard InChI is InChI=1S/C15H20O2/c1-3-4-5-11-17-15-9-8-14(7-6-10-16)12-13(15)2/h8-9,12,16H,3-5,10-11H2,1-2H3. The highest BCUT2D eigenvalue weighted by atomic mass is 16.5.